The first-order valence-electron chi connectivity index (χ1n) is 6.85. The third-order valence-electron chi connectivity index (χ3n) is 2.87. The number of carbonyl (C=O) groups excluding carboxylic acids is 1. The molecule has 2 rings (SSSR count). The number of aromatic nitrogens is 2. The van der Waals surface area contributed by atoms with Gasteiger partial charge in [0.1, 0.15) is 5.82 Å². The Labute approximate surface area is 136 Å². The number of para-hydroxylation sites is 1. The van der Waals surface area contributed by atoms with E-state index in [1.807, 2.05) is 13.8 Å². The number of anilines is 2. The van der Waals surface area contributed by atoms with Crippen molar-refractivity contribution < 1.29 is 9.18 Å². The van der Waals surface area contributed by atoms with Gasteiger partial charge in [-0.2, -0.15) is 0 Å². The van der Waals surface area contributed by atoms with Gasteiger partial charge in [-0.05, 0) is 25.5 Å². The summed E-state index contributed by atoms with van der Waals surface area (Å²) in [5, 5.41) is 14.2. The summed E-state index contributed by atoms with van der Waals surface area (Å²) in [5.74, 6) is -0.0865. The second-order valence-electron chi connectivity index (χ2n) is 4.64. The first-order chi connectivity index (χ1) is 10.6. The fourth-order valence-electron chi connectivity index (χ4n) is 1.54. The number of hydrogen-bond acceptors (Lipinski definition) is 6. The summed E-state index contributed by atoms with van der Waals surface area (Å²) >= 11 is 2.60. The van der Waals surface area contributed by atoms with Crippen molar-refractivity contribution >= 4 is 39.8 Å². The number of halogens is 1. The number of benzene rings is 1. The molecule has 1 heterocycles. The van der Waals surface area contributed by atoms with Gasteiger partial charge in [0.15, 0.2) is 4.34 Å². The van der Waals surface area contributed by atoms with E-state index in [0.717, 1.165) is 6.42 Å². The Morgan fingerprint density at radius 1 is 1.41 bits per heavy atom. The van der Waals surface area contributed by atoms with Crippen LogP contribution < -0.4 is 10.6 Å². The van der Waals surface area contributed by atoms with E-state index in [0.29, 0.717) is 20.9 Å². The summed E-state index contributed by atoms with van der Waals surface area (Å²) in [6.45, 7) is 3.98. The minimum Gasteiger partial charge on any atom is -0.353 e. The molecule has 1 unspecified atom stereocenters. The topological polar surface area (TPSA) is 66.9 Å². The summed E-state index contributed by atoms with van der Waals surface area (Å²) in [4.78, 5) is 11.7. The molecule has 0 aliphatic heterocycles. The van der Waals surface area contributed by atoms with Crippen molar-refractivity contribution in [1.29, 1.82) is 0 Å². The molecule has 1 aromatic carbocycles. The number of hydrogen-bond donors (Lipinski definition) is 2. The molecule has 0 radical (unpaired) electrons. The van der Waals surface area contributed by atoms with Crippen molar-refractivity contribution in [3.8, 4) is 0 Å². The average Bonchev–Trinajstić information content (AvgIpc) is 2.95. The van der Waals surface area contributed by atoms with Crippen LogP contribution in [0.2, 0.25) is 0 Å². The van der Waals surface area contributed by atoms with Gasteiger partial charge >= 0.3 is 0 Å². The van der Waals surface area contributed by atoms with Crippen LogP contribution in [0.5, 0.6) is 0 Å². The van der Waals surface area contributed by atoms with Crippen molar-refractivity contribution in [3.05, 3.63) is 30.1 Å². The molecule has 0 spiro atoms. The van der Waals surface area contributed by atoms with E-state index < -0.39 is 0 Å². The van der Waals surface area contributed by atoms with E-state index in [1.54, 1.807) is 18.2 Å². The summed E-state index contributed by atoms with van der Waals surface area (Å²) in [5.41, 5.74) is 0.352. The predicted octanol–water partition coefficient (Wildman–Crippen LogP) is 3.43. The van der Waals surface area contributed by atoms with Gasteiger partial charge in [0.05, 0.1) is 11.4 Å². The lowest BCUT2D eigenvalue weighted by Gasteiger charge is -2.09. The van der Waals surface area contributed by atoms with Crippen LogP contribution in [0.3, 0.4) is 0 Å². The molecule has 0 aliphatic rings. The third-order valence-corrected chi connectivity index (χ3v) is 4.84. The number of thioether (sulfide) groups is 1. The molecule has 0 bridgehead atoms. The first kappa shape index (κ1) is 16.7. The van der Waals surface area contributed by atoms with Crippen LogP contribution in [0.4, 0.5) is 15.2 Å². The van der Waals surface area contributed by atoms with Crippen molar-refractivity contribution in [3.63, 3.8) is 0 Å². The zero-order chi connectivity index (χ0) is 15.9. The molecule has 0 fully saturated rings. The van der Waals surface area contributed by atoms with Crippen LogP contribution in [-0.2, 0) is 4.79 Å². The van der Waals surface area contributed by atoms with Crippen molar-refractivity contribution in [2.24, 2.45) is 0 Å². The first-order valence-corrected chi connectivity index (χ1v) is 8.66. The summed E-state index contributed by atoms with van der Waals surface area (Å²) in [6, 6.07) is 6.53. The number of carbonyl (C=O) groups is 1. The fourth-order valence-corrected chi connectivity index (χ4v) is 3.12. The predicted molar refractivity (Wildman–Crippen MR) is 88.2 cm³/mol. The Kier molecular flexibility index (Phi) is 6.14. The van der Waals surface area contributed by atoms with Crippen LogP contribution in [0.25, 0.3) is 0 Å². The van der Waals surface area contributed by atoms with Gasteiger partial charge in [0, 0.05) is 6.04 Å². The van der Waals surface area contributed by atoms with Crippen LogP contribution in [0.15, 0.2) is 28.6 Å². The van der Waals surface area contributed by atoms with Gasteiger partial charge in [-0.25, -0.2) is 4.39 Å². The average molecular weight is 340 g/mol. The number of nitrogens with one attached hydrogen (secondary N) is 2. The largest absolute Gasteiger partial charge is 0.353 e. The van der Waals surface area contributed by atoms with Gasteiger partial charge < -0.3 is 10.6 Å². The molecule has 5 nitrogen and oxygen atoms in total. The van der Waals surface area contributed by atoms with Gasteiger partial charge in [0.25, 0.3) is 0 Å². The minimum absolute atomic E-state index is 0.0295. The molecule has 2 N–H and O–H groups in total. The molecular weight excluding hydrogens is 323 g/mol. The summed E-state index contributed by atoms with van der Waals surface area (Å²) < 4.78 is 14.2. The van der Waals surface area contributed by atoms with E-state index in [1.165, 1.54) is 29.2 Å². The van der Waals surface area contributed by atoms with Crippen LogP contribution >= 0.6 is 23.1 Å². The fraction of sp³-hybridized carbons (Fsp3) is 0.357. The second kappa shape index (κ2) is 8.09. The smallest absolute Gasteiger partial charge is 0.230 e. The summed E-state index contributed by atoms with van der Waals surface area (Å²) in [6.07, 6.45) is 0.895. The molecule has 0 aliphatic carbocycles. The molecule has 22 heavy (non-hydrogen) atoms. The highest BCUT2D eigenvalue weighted by atomic mass is 32.2. The minimum atomic E-state index is -0.347. The normalized spacial score (nSPS) is 12.0. The molecule has 1 amide bonds. The standard InChI is InChI=1S/C14H17FN4OS2/c1-3-9(2)16-12(20)8-21-14-19-18-13(22-14)17-11-7-5-4-6-10(11)15/h4-7,9H,3,8H2,1-2H3,(H,16,20)(H,17,18). The SMILES string of the molecule is CCC(C)NC(=O)CSc1nnc(Nc2ccccc2F)s1. The van der Waals surface area contributed by atoms with Gasteiger partial charge in [-0.1, -0.05) is 42.2 Å². The maximum atomic E-state index is 13.5. The highest BCUT2D eigenvalue weighted by Crippen LogP contribution is 2.28. The van der Waals surface area contributed by atoms with Crippen LogP contribution in [-0.4, -0.2) is 27.9 Å². The van der Waals surface area contributed by atoms with Gasteiger partial charge in [-0.3, -0.25) is 4.79 Å². The van der Waals surface area contributed by atoms with E-state index in [9.17, 15) is 9.18 Å². The Hall–Kier alpha value is -1.67. The highest BCUT2D eigenvalue weighted by Gasteiger charge is 2.10. The maximum Gasteiger partial charge on any atom is 0.230 e. The lowest BCUT2D eigenvalue weighted by atomic mass is 10.3. The highest BCUT2D eigenvalue weighted by molar-refractivity contribution is 8.01. The monoisotopic (exact) mass is 340 g/mol. The lowest BCUT2D eigenvalue weighted by molar-refractivity contribution is -0.119. The molecule has 2 aromatic rings. The molecule has 0 saturated carbocycles. The second-order valence-corrected chi connectivity index (χ2v) is 6.84. The zero-order valence-electron chi connectivity index (χ0n) is 12.3. The molecular formula is C14H17FN4OS2. The molecule has 1 aromatic heterocycles. The Bertz CT molecular complexity index is 635. The van der Waals surface area contributed by atoms with Crippen molar-refractivity contribution in [1.82, 2.24) is 15.5 Å². The zero-order valence-corrected chi connectivity index (χ0v) is 13.9. The van der Waals surface area contributed by atoms with E-state index in [2.05, 4.69) is 20.8 Å². The number of amides is 1. The lowest BCUT2D eigenvalue weighted by Crippen LogP contribution is -2.33. The van der Waals surface area contributed by atoms with E-state index >= 15 is 0 Å². The maximum absolute atomic E-state index is 13.5. The molecule has 0 saturated heterocycles. The van der Waals surface area contributed by atoms with Crippen molar-refractivity contribution in [2.75, 3.05) is 11.1 Å². The number of rotatable bonds is 7. The van der Waals surface area contributed by atoms with Crippen LogP contribution in [0, 0.1) is 5.82 Å². The third kappa shape index (κ3) is 4.96. The van der Waals surface area contributed by atoms with Gasteiger partial charge in [0.2, 0.25) is 11.0 Å². The molecule has 118 valence electrons. The summed E-state index contributed by atoms with van der Waals surface area (Å²) in [7, 11) is 0. The van der Waals surface area contributed by atoms with Gasteiger partial charge in [-0.15, -0.1) is 10.2 Å². The Morgan fingerprint density at radius 3 is 2.91 bits per heavy atom. The van der Waals surface area contributed by atoms with E-state index in [4.69, 9.17) is 0 Å². The molecule has 8 heteroatoms. The van der Waals surface area contributed by atoms with Crippen LogP contribution in [0.1, 0.15) is 20.3 Å². The van der Waals surface area contributed by atoms with Crippen molar-refractivity contribution in [2.45, 2.75) is 30.6 Å². The Balaban J connectivity index is 1.87. The molecule has 1 atom stereocenters. The quantitative estimate of drug-likeness (QED) is 0.756. The number of nitrogens with zero attached hydrogens (tertiary/aromatic N) is 2. The van der Waals surface area contributed by atoms with E-state index in [-0.39, 0.29) is 17.8 Å². The Morgan fingerprint density at radius 2 is 2.18 bits per heavy atom.